The first-order valence-corrected chi connectivity index (χ1v) is 13.1. The Morgan fingerprint density at radius 3 is 2.54 bits per heavy atom. The van der Waals surface area contributed by atoms with E-state index in [4.69, 9.17) is 0 Å². The van der Waals surface area contributed by atoms with E-state index in [0.717, 1.165) is 42.9 Å². The molecule has 2 aromatic carbocycles. The van der Waals surface area contributed by atoms with Crippen LogP contribution in [0.2, 0.25) is 0 Å². The first kappa shape index (κ1) is 25.8. The van der Waals surface area contributed by atoms with Crippen molar-refractivity contribution in [3.05, 3.63) is 83.7 Å². The summed E-state index contributed by atoms with van der Waals surface area (Å²) in [7, 11) is 0. The molecule has 1 amide bonds. The number of hydrogen-bond acceptors (Lipinski definition) is 2. The van der Waals surface area contributed by atoms with E-state index in [-0.39, 0.29) is 20.9 Å². The summed E-state index contributed by atoms with van der Waals surface area (Å²) in [6.07, 6.45) is 2.91. The molecule has 3 aromatic rings. The SMILES string of the molecule is CC(C)(C)C(c1cc(-c2cc(F)ccc2F)cn1Cc1ccccc1)N(CC1CCNC1)C(=O)I. The van der Waals surface area contributed by atoms with Crippen molar-refractivity contribution in [2.24, 2.45) is 11.3 Å². The van der Waals surface area contributed by atoms with Crippen LogP contribution in [-0.4, -0.2) is 33.0 Å². The monoisotopic (exact) mass is 591 g/mol. The number of hydrogen-bond donors (Lipinski definition) is 1. The maximum atomic E-state index is 14.8. The van der Waals surface area contributed by atoms with E-state index in [0.29, 0.717) is 24.6 Å². The van der Waals surface area contributed by atoms with Crippen molar-refractivity contribution in [2.75, 3.05) is 19.6 Å². The highest BCUT2D eigenvalue weighted by atomic mass is 127. The lowest BCUT2D eigenvalue weighted by Gasteiger charge is -2.41. The van der Waals surface area contributed by atoms with Gasteiger partial charge in [-0.3, -0.25) is 4.79 Å². The second kappa shape index (κ2) is 10.8. The fraction of sp³-hybridized carbons (Fsp3) is 0.393. The van der Waals surface area contributed by atoms with Crippen molar-refractivity contribution >= 4 is 26.5 Å². The Morgan fingerprint density at radius 1 is 1.17 bits per heavy atom. The normalized spacial score (nSPS) is 16.9. The minimum Gasteiger partial charge on any atom is -0.344 e. The third kappa shape index (κ3) is 6.12. The van der Waals surface area contributed by atoms with Crippen LogP contribution in [0, 0.1) is 23.0 Å². The van der Waals surface area contributed by atoms with Gasteiger partial charge in [-0.2, -0.15) is 0 Å². The van der Waals surface area contributed by atoms with Crippen molar-refractivity contribution in [1.29, 1.82) is 0 Å². The van der Waals surface area contributed by atoms with Gasteiger partial charge in [0.05, 0.1) is 6.04 Å². The Labute approximate surface area is 219 Å². The predicted molar refractivity (Wildman–Crippen MR) is 145 cm³/mol. The third-order valence-corrected chi connectivity index (χ3v) is 7.24. The Morgan fingerprint density at radius 2 is 1.91 bits per heavy atom. The first-order valence-electron chi connectivity index (χ1n) is 12.0. The lowest BCUT2D eigenvalue weighted by Crippen LogP contribution is -2.42. The van der Waals surface area contributed by atoms with Gasteiger partial charge in [0.2, 0.25) is 0 Å². The molecule has 1 aliphatic rings. The van der Waals surface area contributed by atoms with Crippen molar-refractivity contribution in [3.63, 3.8) is 0 Å². The Balaban J connectivity index is 1.84. The quantitative estimate of drug-likeness (QED) is 0.182. The van der Waals surface area contributed by atoms with Crippen LogP contribution in [-0.2, 0) is 6.54 Å². The highest BCUT2D eigenvalue weighted by Gasteiger charge is 2.38. The molecule has 4 rings (SSSR count). The summed E-state index contributed by atoms with van der Waals surface area (Å²) in [5, 5.41) is 3.39. The van der Waals surface area contributed by atoms with Gasteiger partial charge in [-0.15, -0.1) is 0 Å². The van der Waals surface area contributed by atoms with E-state index in [2.05, 4.69) is 30.7 Å². The van der Waals surface area contributed by atoms with E-state index in [1.54, 1.807) is 0 Å². The molecule has 7 heteroatoms. The van der Waals surface area contributed by atoms with Crippen molar-refractivity contribution in [1.82, 2.24) is 14.8 Å². The third-order valence-electron chi connectivity index (χ3n) is 6.62. The van der Waals surface area contributed by atoms with Gasteiger partial charge in [0.1, 0.15) is 11.6 Å². The number of carbonyl (C=O) groups excluding carboxylic acids is 1. The summed E-state index contributed by atoms with van der Waals surface area (Å²) in [6, 6.07) is 15.2. The van der Waals surface area contributed by atoms with Gasteiger partial charge in [-0.05, 0) is 60.7 Å². The van der Waals surface area contributed by atoms with Crippen LogP contribution >= 0.6 is 22.6 Å². The van der Waals surface area contributed by atoms with Crippen LogP contribution in [0.3, 0.4) is 0 Å². The van der Waals surface area contributed by atoms with Gasteiger partial charge >= 0.3 is 0 Å². The van der Waals surface area contributed by atoms with Crippen LogP contribution in [0.25, 0.3) is 11.1 Å². The van der Waals surface area contributed by atoms with Crippen molar-refractivity contribution in [2.45, 2.75) is 39.8 Å². The Kier molecular flexibility index (Phi) is 7.96. The molecular formula is C28H32F2IN3O. The average Bonchev–Trinajstić information content (AvgIpc) is 3.45. The number of rotatable bonds is 7. The second-order valence-electron chi connectivity index (χ2n) is 10.4. The molecule has 2 atom stereocenters. The molecule has 0 radical (unpaired) electrons. The fourth-order valence-electron chi connectivity index (χ4n) is 5.04. The van der Waals surface area contributed by atoms with Gasteiger partial charge in [0.15, 0.2) is 0 Å². The van der Waals surface area contributed by atoms with Crippen LogP contribution in [0.5, 0.6) is 0 Å². The van der Waals surface area contributed by atoms with Crippen LogP contribution in [0.1, 0.15) is 44.5 Å². The van der Waals surface area contributed by atoms with Crippen molar-refractivity contribution < 1.29 is 13.6 Å². The predicted octanol–water partition coefficient (Wildman–Crippen LogP) is 7.04. The zero-order valence-corrected chi connectivity index (χ0v) is 22.6. The van der Waals surface area contributed by atoms with E-state index in [1.165, 1.54) is 6.07 Å². The van der Waals surface area contributed by atoms with Crippen LogP contribution in [0.4, 0.5) is 13.6 Å². The highest BCUT2D eigenvalue weighted by molar-refractivity contribution is 14.1. The minimum absolute atomic E-state index is 0.0135. The largest absolute Gasteiger partial charge is 0.344 e. The van der Waals surface area contributed by atoms with E-state index in [1.807, 2.05) is 70.1 Å². The fourth-order valence-corrected chi connectivity index (χ4v) is 5.51. The number of halogens is 3. The smallest absolute Gasteiger partial charge is 0.283 e. The molecule has 4 nitrogen and oxygen atoms in total. The van der Waals surface area contributed by atoms with Gasteiger partial charge in [-0.1, -0.05) is 51.1 Å². The molecule has 0 bridgehead atoms. The summed E-state index contributed by atoms with van der Waals surface area (Å²) >= 11 is 1.88. The molecule has 1 fully saturated rings. The number of nitrogens with zero attached hydrogens (tertiary/aromatic N) is 2. The molecule has 0 saturated carbocycles. The molecule has 1 aromatic heterocycles. The first-order chi connectivity index (χ1) is 16.6. The minimum atomic E-state index is -0.482. The zero-order chi connectivity index (χ0) is 25.2. The molecule has 35 heavy (non-hydrogen) atoms. The maximum Gasteiger partial charge on any atom is 0.283 e. The van der Waals surface area contributed by atoms with Gasteiger partial charge < -0.3 is 14.8 Å². The van der Waals surface area contributed by atoms with Crippen LogP contribution < -0.4 is 5.32 Å². The lowest BCUT2D eigenvalue weighted by molar-refractivity contribution is 0.118. The van der Waals surface area contributed by atoms with Gasteiger partial charge in [-0.25, -0.2) is 8.78 Å². The summed E-state index contributed by atoms with van der Waals surface area (Å²) in [5.74, 6) is -0.568. The number of amides is 1. The van der Waals surface area contributed by atoms with Gasteiger partial charge in [0, 0.05) is 58.7 Å². The average molecular weight is 591 g/mol. The summed E-state index contributed by atoms with van der Waals surface area (Å²) < 4.78 is 30.9. The number of aromatic nitrogens is 1. The standard InChI is InChI=1S/C28H32F2IN3O/c1-28(2,3)26(34(27(31)35)17-20-11-12-32-15-20)25-13-21(23-14-22(29)9-10-24(23)30)18-33(25)16-19-7-5-4-6-8-19/h4-10,13-14,18,20,26,32H,11-12,15-17H2,1-3H3. The van der Waals surface area contributed by atoms with E-state index < -0.39 is 11.6 Å². The molecular weight excluding hydrogens is 559 g/mol. The number of nitrogens with one attached hydrogen (secondary N) is 1. The van der Waals surface area contributed by atoms with Crippen LogP contribution in [0.15, 0.2) is 60.8 Å². The summed E-state index contributed by atoms with van der Waals surface area (Å²) in [6.45, 7) is 9.44. The summed E-state index contributed by atoms with van der Waals surface area (Å²) in [4.78, 5) is 15.0. The molecule has 0 aliphatic carbocycles. The Bertz CT molecular complexity index is 1170. The van der Waals surface area contributed by atoms with E-state index in [9.17, 15) is 13.6 Å². The number of carbonyl (C=O) groups is 1. The molecule has 0 spiro atoms. The second-order valence-corrected chi connectivity index (χ2v) is 11.3. The van der Waals surface area contributed by atoms with E-state index >= 15 is 0 Å². The topological polar surface area (TPSA) is 37.3 Å². The summed E-state index contributed by atoms with van der Waals surface area (Å²) in [5.41, 5.74) is 2.53. The maximum absolute atomic E-state index is 14.8. The van der Waals surface area contributed by atoms with Crippen molar-refractivity contribution in [3.8, 4) is 11.1 Å². The van der Waals surface area contributed by atoms with Gasteiger partial charge in [0.25, 0.3) is 3.91 Å². The molecule has 1 aliphatic heterocycles. The molecule has 186 valence electrons. The lowest BCUT2D eigenvalue weighted by atomic mass is 9.83. The highest BCUT2D eigenvalue weighted by Crippen LogP contribution is 2.42. The molecule has 1 saturated heterocycles. The molecule has 1 N–H and O–H groups in total. The molecule has 2 heterocycles. The zero-order valence-electron chi connectivity index (χ0n) is 20.4. The number of benzene rings is 2. The molecule has 2 unspecified atom stereocenters. The Hall–Kier alpha value is -2.26.